The minimum absolute atomic E-state index is 0.260. The van der Waals surface area contributed by atoms with Gasteiger partial charge in [-0.2, -0.15) is 0 Å². The maximum atomic E-state index is 13.1. The van der Waals surface area contributed by atoms with E-state index in [0.717, 1.165) is 29.1 Å². The SMILES string of the molecule is CCCSc1nc(-c2ccc(F)cc2)cc(-c2ccco2)n1. The largest absolute Gasteiger partial charge is 0.463 e. The van der Waals surface area contributed by atoms with Crippen molar-refractivity contribution in [2.24, 2.45) is 0 Å². The summed E-state index contributed by atoms with van der Waals surface area (Å²) < 4.78 is 18.5. The van der Waals surface area contributed by atoms with Crippen LogP contribution in [-0.2, 0) is 0 Å². The van der Waals surface area contributed by atoms with Gasteiger partial charge in [-0.05, 0) is 48.9 Å². The van der Waals surface area contributed by atoms with E-state index in [1.807, 2.05) is 18.2 Å². The quantitative estimate of drug-likeness (QED) is 0.488. The summed E-state index contributed by atoms with van der Waals surface area (Å²) in [6.07, 6.45) is 2.67. The third kappa shape index (κ3) is 3.36. The van der Waals surface area contributed by atoms with Crippen LogP contribution < -0.4 is 0 Å². The second-order valence-corrected chi connectivity index (χ2v) is 5.82. The van der Waals surface area contributed by atoms with Crippen LogP contribution >= 0.6 is 11.8 Å². The summed E-state index contributed by atoms with van der Waals surface area (Å²) in [5, 5.41) is 0.704. The number of halogens is 1. The van der Waals surface area contributed by atoms with Gasteiger partial charge in [0, 0.05) is 11.3 Å². The maximum absolute atomic E-state index is 13.1. The van der Waals surface area contributed by atoms with Crippen LogP contribution in [0.5, 0.6) is 0 Å². The predicted molar refractivity (Wildman–Crippen MR) is 86.1 cm³/mol. The molecule has 5 heteroatoms. The minimum Gasteiger partial charge on any atom is -0.463 e. The van der Waals surface area contributed by atoms with Crippen LogP contribution in [-0.4, -0.2) is 15.7 Å². The zero-order valence-corrected chi connectivity index (χ0v) is 12.9. The van der Waals surface area contributed by atoms with Gasteiger partial charge in [0.25, 0.3) is 0 Å². The highest BCUT2D eigenvalue weighted by molar-refractivity contribution is 7.99. The normalized spacial score (nSPS) is 10.8. The van der Waals surface area contributed by atoms with Gasteiger partial charge in [-0.3, -0.25) is 0 Å². The number of furan rings is 1. The summed E-state index contributed by atoms with van der Waals surface area (Å²) in [6, 6.07) is 11.9. The van der Waals surface area contributed by atoms with Crippen LogP contribution in [0.2, 0.25) is 0 Å². The highest BCUT2D eigenvalue weighted by Gasteiger charge is 2.10. The Labute approximate surface area is 132 Å². The lowest BCUT2D eigenvalue weighted by Gasteiger charge is -2.07. The monoisotopic (exact) mass is 314 g/mol. The summed E-state index contributed by atoms with van der Waals surface area (Å²) in [7, 11) is 0. The van der Waals surface area contributed by atoms with Crippen LogP contribution in [0, 0.1) is 5.82 Å². The van der Waals surface area contributed by atoms with Gasteiger partial charge < -0.3 is 4.42 Å². The number of aromatic nitrogens is 2. The van der Waals surface area contributed by atoms with E-state index in [2.05, 4.69) is 16.9 Å². The first-order valence-corrected chi connectivity index (χ1v) is 8.06. The summed E-state index contributed by atoms with van der Waals surface area (Å²) in [5.41, 5.74) is 2.35. The minimum atomic E-state index is -0.260. The van der Waals surface area contributed by atoms with Crippen molar-refractivity contribution in [3.63, 3.8) is 0 Å². The van der Waals surface area contributed by atoms with E-state index in [0.29, 0.717) is 10.9 Å². The molecule has 3 aromatic rings. The molecule has 2 heterocycles. The van der Waals surface area contributed by atoms with Crippen molar-refractivity contribution in [2.45, 2.75) is 18.5 Å². The molecule has 0 aliphatic carbocycles. The van der Waals surface area contributed by atoms with Crippen molar-refractivity contribution >= 4 is 11.8 Å². The third-order valence-electron chi connectivity index (χ3n) is 3.05. The predicted octanol–water partition coefficient (Wildman–Crippen LogP) is 5.04. The Kier molecular flexibility index (Phi) is 4.53. The van der Waals surface area contributed by atoms with Crippen molar-refractivity contribution in [3.05, 3.63) is 54.5 Å². The fourth-order valence-corrected chi connectivity index (χ4v) is 2.71. The van der Waals surface area contributed by atoms with Gasteiger partial charge in [0.05, 0.1) is 12.0 Å². The lowest BCUT2D eigenvalue weighted by atomic mass is 10.1. The topological polar surface area (TPSA) is 38.9 Å². The number of benzene rings is 1. The maximum Gasteiger partial charge on any atom is 0.188 e. The molecule has 2 aromatic heterocycles. The van der Waals surface area contributed by atoms with Gasteiger partial charge >= 0.3 is 0 Å². The van der Waals surface area contributed by atoms with Crippen molar-refractivity contribution in [1.82, 2.24) is 9.97 Å². The highest BCUT2D eigenvalue weighted by Crippen LogP contribution is 2.27. The fraction of sp³-hybridized carbons (Fsp3) is 0.176. The molecular weight excluding hydrogens is 299 g/mol. The molecular formula is C17H15FN2OS. The Balaban J connectivity index is 2.04. The number of nitrogens with zero attached hydrogens (tertiary/aromatic N) is 2. The van der Waals surface area contributed by atoms with Crippen molar-refractivity contribution in [3.8, 4) is 22.7 Å². The zero-order valence-electron chi connectivity index (χ0n) is 12.1. The first kappa shape index (κ1) is 14.8. The average Bonchev–Trinajstić information content (AvgIpc) is 3.08. The molecule has 0 saturated carbocycles. The molecule has 0 bridgehead atoms. The molecule has 0 aliphatic rings. The van der Waals surface area contributed by atoms with E-state index >= 15 is 0 Å². The molecule has 1 aromatic carbocycles. The molecule has 0 atom stereocenters. The number of thioether (sulfide) groups is 1. The number of hydrogen-bond donors (Lipinski definition) is 0. The smallest absolute Gasteiger partial charge is 0.188 e. The Morgan fingerprint density at radius 1 is 1.09 bits per heavy atom. The molecule has 3 nitrogen and oxygen atoms in total. The Morgan fingerprint density at radius 3 is 2.55 bits per heavy atom. The van der Waals surface area contributed by atoms with Gasteiger partial charge in [0.2, 0.25) is 0 Å². The van der Waals surface area contributed by atoms with E-state index < -0.39 is 0 Å². The Hall–Kier alpha value is -2.14. The number of rotatable bonds is 5. The van der Waals surface area contributed by atoms with Crippen molar-refractivity contribution in [2.75, 3.05) is 5.75 Å². The molecule has 3 rings (SSSR count). The summed E-state index contributed by atoms with van der Waals surface area (Å²) in [5.74, 6) is 1.39. The van der Waals surface area contributed by atoms with Crippen LogP contribution in [0.3, 0.4) is 0 Å². The molecule has 0 spiro atoms. The highest BCUT2D eigenvalue weighted by atomic mass is 32.2. The molecule has 0 unspecified atom stereocenters. The van der Waals surface area contributed by atoms with E-state index in [-0.39, 0.29) is 5.82 Å². The summed E-state index contributed by atoms with van der Waals surface area (Å²) in [6.45, 7) is 2.12. The Bertz CT molecular complexity index is 742. The Morgan fingerprint density at radius 2 is 1.86 bits per heavy atom. The fourth-order valence-electron chi connectivity index (χ4n) is 2.00. The molecule has 0 amide bonds. The van der Waals surface area contributed by atoms with E-state index in [9.17, 15) is 4.39 Å². The molecule has 0 fully saturated rings. The van der Waals surface area contributed by atoms with Gasteiger partial charge in [-0.15, -0.1) is 0 Å². The summed E-state index contributed by atoms with van der Waals surface area (Å²) >= 11 is 1.61. The molecule has 0 radical (unpaired) electrons. The van der Waals surface area contributed by atoms with Crippen molar-refractivity contribution in [1.29, 1.82) is 0 Å². The van der Waals surface area contributed by atoms with Crippen LogP contribution in [0.25, 0.3) is 22.7 Å². The third-order valence-corrected chi connectivity index (χ3v) is 4.11. The van der Waals surface area contributed by atoms with Crippen LogP contribution in [0.15, 0.2) is 58.3 Å². The van der Waals surface area contributed by atoms with Crippen LogP contribution in [0.4, 0.5) is 4.39 Å². The van der Waals surface area contributed by atoms with Gasteiger partial charge in [-0.1, -0.05) is 18.7 Å². The van der Waals surface area contributed by atoms with Gasteiger partial charge in [0.1, 0.15) is 11.5 Å². The van der Waals surface area contributed by atoms with E-state index in [1.165, 1.54) is 12.1 Å². The molecule has 22 heavy (non-hydrogen) atoms. The van der Waals surface area contributed by atoms with E-state index in [4.69, 9.17) is 4.42 Å². The number of hydrogen-bond acceptors (Lipinski definition) is 4. The molecule has 0 saturated heterocycles. The van der Waals surface area contributed by atoms with Crippen LogP contribution in [0.1, 0.15) is 13.3 Å². The molecule has 0 aliphatic heterocycles. The van der Waals surface area contributed by atoms with E-state index in [1.54, 1.807) is 30.2 Å². The zero-order chi connectivity index (χ0) is 15.4. The molecule has 112 valence electrons. The van der Waals surface area contributed by atoms with Gasteiger partial charge in [-0.25, -0.2) is 14.4 Å². The van der Waals surface area contributed by atoms with Gasteiger partial charge in [0.15, 0.2) is 10.9 Å². The van der Waals surface area contributed by atoms with Crippen molar-refractivity contribution < 1.29 is 8.81 Å². The molecule has 0 N–H and O–H groups in total. The average molecular weight is 314 g/mol. The first-order chi connectivity index (χ1) is 10.8. The second kappa shape index (κ2) is 6.75. The second-order valence-electron chi connectivity index (χ2n) is 4.75. The first-order valence-electron chi connectivity index (χ1n) is 7.08. The lowest BCUT2D eigenvalue weighted by molar-refractivity contribution is 0.579. The standard InChI is InChI=1S/C17H15FN2OS/c1-2-10-22-17-19-14(12-5-7-13(18)8-6-12)11-15(20-17)16-4-3-9-21-16/h3-9,11H,2,10H2,1H3. The lowest BCUT2D eigenvalue weighted by Crippen LogP contribution is -1.94. The summed E-state index contributed by atoms with van der Waals surface area (Å²) in [4.78, 5) is 9.11.